The van der Waals surface area contributed by atoms with Crippen LogP contribution in [-0.4, -0.2) is 20.7 Å². The Morgan fingerprint density at radius 3 is 2.65 bits per heavy atom. The largest absolute Gasteiger partial charge is 0.321 e. The molecule has 0 aliphatic carbocycles. The first-order chi connectivity index (χ1) is 10.9. The van der Waals surface area contributed by atoms with E-state index in [2.05, 4.69) is 15.4 Å². The number of amides is 1. The number of anilines is 1. The van der Waals surface area contributed by atoms with Crippen molar-refractivity contribution in [3.8, 4) is 0 Å². The molecule has 0 saturated heterocycles. The highest BCUT2D eigenvalue weighted by Gasteiger charge is 2.18. The van der Waals surface area contributed by atoms with Crippen LogP contribution in [0.5, 0.6) is 0 Å². The Bertz CT molecular complexity index is 930. The summed E-state index contributed by atoms with van der Waals surface area (Å²) in [5.41, 5.74) is 4.41. The van der Waals surface area contributed by atoms with Gasteiger partial charge in [-0.1, -0.05) is 17.7 Å². The third-order valence-corrected chi connectivity index (χ3v) is 4.03. The van der Waals surface area contributed by atoms with E-state index in [1.807, 2.05) is 40.0 Å². The van der Waals surface area contributed by atoms with Crippen molar-refractivity contribution in [2.24, 2.45) is 7.05 Å². The zero-order valence-corrected chi connectivity index (χ0v) is 14.2. The first-order valence-corrected chi connectivity index (χ1v) is 7.63. The topological polar surface area (TPSA) is 59.8 Å². The van der Waals surface area contributed by atoms with Crippen LogP contribution in [0, 0.1) is 20.8 Å². The minimum atomic E-state index is -0.220. The molecule has 0 saturated carbocycles. The predicted molar refractivity (Wildman–Crippen MR) is 92.1 cm³/mol. The van der Waals surface area contributed by atoms with Gasteiger partial charge >= 0.3 is 0 Å². The van der Waals surface area contributed by atoms with E-state index in [-0.39, 0.29) is 5.91 Å². The molecule has 0 fully saturated rings. The molecule has 1 aromatic carbocycles. The van der Waals surface area contributed by atoms with Crippen LogP contribution in [0.4, 0.5) is 5.69 Å². The number of nitrogens with one attached hydrogen (secondary N) is 1. The number of nitrogens with zero attached hydrogens (tertiary/aromatic N) is 3. The highest BCUT2D eigenvalue weighted by atomic mass is 35.5. The summed E-state index contributed by atoms with van der Waals surface area (Å²) in [5, 5.41) is 8.51. The molecule has 0 atom stereocenters. The Morgan fingerprint density at radius 2 is 1.96 bits per heavy atom. The fraction of sp³-hybridized carbons (Fsp3) is 0.235. The third kappa shape index (κ3) is 2.80. The summed E-state index contributed by atoms with van der Waals surface area (Å²) < 4.78 is 1.69. The van der Waals surface area contributed by atoms with E-state index >= 15 is 0 Å². The van der Waals surface area contributed by atoms with Crippen LogP contribution in [0.1, 0.15) is 27.3 Å². The second kappa shape index (κ2) is 5.66. The molecule has 0 spiro atoms. The Hall–Kier alpha value is -2.40. The molecule has 118 valence electrons. The van der Waals surface area contributed by atoms with E-state index in [4.69, 9.17) is 11.6 Å². The molecular weight excluding hydrogens is 312 g/mol. The van der Waals surface area contributed by atoms with Crippen molar-refractivity contribution in [1.29, 1.82) is 0 Å². The Morgan fingerprint density at radius 1 is 1.22 bits per heavy atom. The first-order valence-electron chi connectivity index (χ1n) is 7.25. The first kappa shape index (κ1) is 15.5. The number of pyridine rings is 1. The highest BCUT2D eigenvalue weighted by molar-refractivity contribution is 6.34. The van der Waals surface area contributed by atoms with Crippen LogP contribution in [-0.2, 0) is 7.05 Å². The fourth-order valence-electron chi connectivity index (χ4n) is 2.66. The predicted octanol–water partition coefficient (Wildman–Crippen LogP) is 3.80. The standard InChI is InChI=1S/C17H17ClN4O/c1-9-5-6-14(13(18)7-9)20-17(23)12-8-10(2)19-16-15(12)11(3)21-22(16)4/h5-8H,1-4H3,(H,20,23). The normalized spacial score (nSPS) is 11.0. The van der Waals surface area contributed by atoms with Gasteiger partial charge in [-0.2, -0.15) is 5.10 Å². The van der Waals surface area contributed by atoms with Crippen molar-refractivity contribution in [2.45, 2.75) is 20.8 Å². The van der Waals surface area contributed by atoms with Crippen molar-refractivity contribution < 1.29 is 4.79 Å². The van der Waals surface area contributed by atoms with Crippen LogP contribution in [0.3, 0.4) is 0 Å². The molecule has 1 amide bonds. The summed E-state index contributed by atoms with van der Waals surface area (Å²) >= 11 is 6.20. The van der Waals surface area contributed by atoms with E-state index < -0.39 is 0 Å². The number of hydrogen-bond acceptors (Lipinski definition) is 3. The van der Waals surface area contributed by atoms with E-state index in [0.29, 0.717) is 21.9 Å². The van der Waals surface area contributed by atoms with Crippen LogP contribution in [0.15, 0.2) is 24.3 Å². The number of aryl methyl sites for hydroxylation is 4. The minimum absolute atomic E-state index is 0.220. The molecule has 23 heavy (non-hydrogen) atoms. The van der Waals surface area contributed by atoms with Crippen molar-refractivity contribution >= 4 is 34.2 Å². The number of hydrogen-bond donors (Lipinski definition) is 1. The number of aromatic nitrogens is 3. The maximum absolute atomic E-state index is 12.7. The minimum Gasteiger partial charge on any atom is -0.321 e. The summed E-state index contributed by atoms with van der Waals surface area (Å²) in [6, 6.07) is 7.30. The summed E-state index contributed by atoms with van der Waals surface area (Å²) in [6.45, 7) is 5.68. The lowest BCUT2D eigenvalue weighted by atomic mass is 10.1. The number of carbonyl (C=O) groups excluding carboxylic acids is 1. The summed E-state index contributed by atoms with van der Waals surface area (Å²) in [4.78, 5) is 17.2. The summed E-state index contributed by atoms with van der Waals surface area (Å²) in [5.74, 6) is -0.220. The second-order valence-corrected chi connectivity index (χ2v) is 6.06. The van der Waals surface area contributed by atoms with Gasteiger partial charge in [-0.15, -0.1) is 0 Å². The molecule has 2 heterocycles. The lowest BCUT2D eigenvalue weighted by Gasteiger charge is -2.09. The highest BCUT2D eigenvalue weighted by Crippen LogP contribution is 2.26. The van der Waals surface area contributed by atoms with Gasteiger partial charge in [0, 0.05) is 12.7 Å². The van der Waals surface area contributed by atoms with Crippen LogP contribution >= 0.6 is 11.6 Å². The molecule has 6 heteroatoms. The van der Waals surface area contributed by atoms with Crippen molar-refractivity contribution in [3.05, 3.63) is 51.8 Å². The quantitative estimate of drug-likeness (QED) is 0.778. The number of benzene rings is 1. The second-order valence-electron chi connectivity index (χ2n) is 5.66. The Balaban J connectivity index is 2.07. The van der Waals surface area contributed by atoms with Gasteiger partial charge in [0.15, 0.2) is 5.65 Å². The molecule has 0 unspecified atom stereocenters. The molecule has 0 aliphatic heterocycles. The average Bonchev–Trinajstić information content (AvgIpc) is 2.76. The van der Waals surface area contributed by atoms with Gasteiger partial charge in [0.25, 0.3) is 5.91 Å². The number of halogens is 1. The molecular formula is C17H17ClN4O. The Labute approximate surface area is 139 Å². The number of carbonyl (C=O) groups is 1. The van der Waals surface area contributed by atoms with Gasteiger partial charge in [-0.3, -0.25) is 9.48 Å². The van der Waals surface area contributed by atoms with Crippen molar-refractivity contribution in [1.82, 2.24) is 14.8 Å². The summed E-state index contributed by atoms with van der Waals surface area (Å²) in [6.07, 6.45) is 0. The monoisotopic (exact) mass is 328 g/mol. The molecule has 3 aromatic rings. The number of fused-ring (bicyclic) bond motifs is 1. The Kier molecular flexibility index (Phi) is 3.82. The molecule has 3 rings (SSSR count). The number of rotatable bonds is 2. The zero-order chi connectivity index (χ0) is 16.7. The van der Waals surface area contributed by atoms with Crippen molar-refractivity contribution in [3.63, 3.8) is 0 Å². The molecule has 1 N–H and O–H groups in total. The van der Waals surface area contributed by atoms with Gasteiger partial charge in [0.1, 0.15) is 0 Å². The molecule has 5 nitrogen and oxygen atoms in total. The molecule has 2 aromatic heterocycles. The molecule has 0 radical (unpaired) electrons. The fourth-order valence-corrected chi connectivity index (χ4v) is 2.94. The van der Waals surface area contributed by atoms with Crippen LogP contribution in [0.2, 0.25) is 5.02 Å². The average molecular weight is 329 g/mol. The van der Waals surface area contributed by atoms with Crippen LogP contribution in [0.25, 0.3) is 11.0 Å². The lowest BCUT2D eigenvalue weighted by Crippen LogP contribution is -2.13. The van der Waals surface area contributed by atoms with Gasteiger partial charge in [-0.25, -0.2) is 4.98 Å². The van der Waals surface area contributed by atoms with Gasteiger partial charge in [0.2, 0.25) is 0 Å². The van der Waals surface area contributed by atoms with Crippen LogP contribution < -0.4 is 5.32 Å². The van der Waals surface area contributed by atoms with E-state index in [9.17, 15) is 4.79 Å². The maximum Gasteiger partial charge on any atom is 0.256 e. The van der Waals surface area contributed by atoms with Crippen molar-refractivity contribution in [2.75, 3.05) is 5.32 Å². The molecule has 0 bridgehead atoms. The summed E-state index contributed by atoms with van der Waals surface area (Å²) in [7, 11) is 1.82. The van der Waals surface area contributed by atoms with Gasteiger partial charge in [-0.05, 0) is 44.5 Å². The van der Waals surface area contributed by atoms with E-state index in [1.54, 1.807) is 16.8 Å². The third-order valence-electron chi connectivity index (χ3n) is 3.71. The van der Waals surface area contributed by atoms with E-state index in [0.717, 1.165) is 22.3 Å². The lowest BCUT2D eigenvalue weighted by molar-refractivity contribution is 0.102. The zero-order valence-electron chi connectivity index (χ0n) is 13.4. The van der Waals surface area contributed by atoms with Gasteiger partial charge < -0.3 is 5.32 Å². The smallest absolute Gasteiger partial charge is 0.256 e. The van der Waals surface area contributed by atoms with Gasteiger partial charge in [0.05, 0.1) is 27.4 Å². The molecule has 0 aliphatic rings. The SMILES string of the molecule is Cc1ccc(NC(=O)c2cc(C)nc3c2c(C)nn3C)c(Cl)c1. The van der Waals surface area contributed by atoms with E-state index in [1.165, 1.54) is 0 Å². The maximum atomic E-state index is 12.7.